The SMILES string of the molecule is O=C(NC[C@H]1[C@H]2CN(c3cnccn3)C[C@]23CC[C@H]1O3)c1ccccc1Cl. The lowest BCUT2D eigenvalue weighted by Crippen LogP contribution is -2.41. The zero-order valence-electron chi connectivity index (χ0n) is 14.8. The normalized spacial score (nSPS) is 31.1. The highest BCUT2D eigenvalue weighted by Crippen LogP contribution is 2.55. The Morgan fingerprint density at radius 1 is 1.37 bits per heavy atom. The van der Waals surface area contributed by atoms with Crippen LogP contribution < -0.4 is 10.2 Å². The lowest BCUT2D eigenvalue weighted by Gasteiger charge is -2.29. The molecule has 3 aliphatic rings. The van der Waals surface area contributed by atoms with Gasteiger partial charge in [0.25, 0.3) is 5.91 Å². The molecule has 3 saturated heterocycles. The summed E-state index contributed by atoms with van der Waals surface area (Å²) in [5.41, 5.74) is 0.410. The molecule has 1 amide bonds. The second-order valence-electron chi connectivity index (χ2n) is 7.66. The molecule has 4 atom stereocenters. The number of hydrogen-bond donors (Lipinski definition) is 1. The number of nitrogens with one attached hydrogen (secondary N) is 1. The van der Waals surface area contributed by atoms with Gasteiger partial charge in [0, 0.05) is 43.9 Å². The van der Waals surface area contributed by atoms with Crippen LogP contribution >= 0.6 is 11.6 Å². The molecular formula is C20H21ClN4O2. The molecule has 1 N–H and O–H groups in total. The summed E-state index contributed by atoms with van der Waals surface area (Å²) >= 11 is 6.15. The second-order valence-corrected chi connectivity index (χ2v) is 8.07. The standard InChI is InChI=1S/C20H21ClN4O2/c21-16-4-2-1-3-13(16)19(26)24-9-14-15-11-25(18-10-22-7-8-23-18)12-20(15)6-5-17(14)27-20/h1-4,7-8,10,14-15,17H,5-6,9,11-12H2,(H,24,26)/t14-,15+,17+,20+/m0/s1. The van der Waals surface area contributed by atoms with Gasteiger partial charge in [0.05, 0.1) is 28.5 Å². The summed E-state index contributed by atoms with van der Waals surface area (Å²) < 4.78 is 6.44. The van der Waals surface area contributed by atoms with Crippen molar-refractivity contribution >= 4 is 23.3 Å². The summed E-state index contributed by atoms with van der Waals surface area (Å²) in [6.07, 6.45) is 7.57. The van der Waals surface area contributed by atoms with Crippen LogP contribution in [0.4, 0.5) is 5.82 Å². The maximum absolute atomic E-state index is 12.5. The van der Waals surface area contributed by atoms with Crippen molar-refractivity contribution < 1.29 is 9.53 Å². The quantitative estimate of drug-likeness (QED) is 0.877. The summed E-state index contributed by atoms with van der Waals surface area (Å²) in [5.74, 6) is 1.48. The zero-order chi connectivity index (χ0) is 18.4. The summed E-state index contributed by atoms with van der Waals surface area (Å²) in [6, 6.07) is 7.14. The number of aromatic nitrogens is 2. The van der Waals surface area contributed by atoms with Crippen LogP contribution in [0.15, 0.2) is 42.9 Å². The Balaban J connectivity index is 1.30. The fourth-order valence-electron chi connectivity index (χ4n) is 5.04. The predicted molar refractivity (Wildman–Crippen MR) is 102 cm³/mol. The number of ether oxygens (including phenoxy) is 1. The topological polar surface area (TPSA) is 67.4 Å². The predicted octanol–water partition coefficient (Wildman–Crippen LogP) is 2.54. The molecule has 4 heterocycles. The molecule has 0 unspecified atom stereocenters. The average Bonchev–Trinajstić information content (AvgIpc) is 3.36. The fraction of sp³-hybridized carbons (Fsp3) is 0.450. The van der Waals surface area contributed by atoms with Crippen molar-refractivity contribution in [2.24, 2.45) is 11.8 Å². The minimum absolute atomic E-state index is 0.109. The van der Waals surface area contributed by atoms with E-state index in [1.807, 2.05) is 12.1 Å². The third kappa shape index (κ3) is 2.78. The van der Waals surface area contributed by atoms with Gasteiger partial charge < -0.3 is 15.0 Å². The van der Waals surface area contributed by atoms with Crippen molar-refractivity contribution in [1.82, 2.24) is 15.3 Å². The zero-order valence-corrected chi connectivity index (χ0v) is 15.6. The molecule has 2 bridgehead atoms. The van der Waals surface area contributed by atoms with Crippen molar-refractivity contribution in [3.63, 3.8) is 0 Å². The van der Waals surface area contributed by atoms with Crippen molar-refractivity contribution in [2.75, 3.05) is 24.5 Å². The summed E-state index contributed by atoms with van der Waals surface area (Å²) in [5, 5.41) is 3.56. The van der Waals surface area contributed by atoms with Crippen LogP contribution in [0.25, 0.3) is 0 Å². The van der Waals surface area contributed by atoms with Gasteiger partial charge >= 0.3 is 0 Å². The molecule has 0 radical (unpaired) electrons. The number of benzene rings is 1. The molecule has 7 heteroatoms. The van der Waals surface area contributed by atoms with E-state index in [1.165, 1.54) is 0 Å². The molecule has 3 aliphatic heterocycles. The van der Waals surface area contributed by atoms with E-state index >= 15 is 0 Å². The highest BCUT2D eigenvalue weighted by Gasteiger charge is 2.63. The first kappa shape index (κ1) is 17.0. The maximum atomic E-state index is 12.5. The highest BCUT2D eigenvalue weighted by molar-refractivity contribution is 6.33. The van der Waals surface area contributed by atoms with Crippen LogP contribution in [0.5, 0.6) is 0 Å². The van der Waals surface area contributed by atoms with Gasteiger partial charge in [-0.2, -0.15) is 0 Å². The molecule has 0 aliphatic carbocycles. The first-order valence-electron chi connectivity index (χ1n) is 9.38. The molecule has 27 heavy (non-hydrogen) atoms. The average molecular weight is 385 g/mol. The summed E-state index contributed by atoms with van der Waals surface area (Å²) in [4.78, 5) is 23.4. The third-order valence-corrected chi connectivity index (χ3v) is 6.60. The van der Waals surface area contributed by atoms with Gasteiger partial charge in [-0.05, 0) is 25.0 Å². The fourth-order valence-corrected chi connectivity index (χ4v) is 5.27. The first-order valence-corrected chi connectivity index (χ1v) is 9.76. The molecule has 1 aromatic carbocycles. The minimum Gasteiger partial charge on any atom is -0.369 e. The molecule has 5 rings (SSSR count). The Hall–Kier alpha value is -2.18. The molecule has 6 nitrogen and oxygen atoms in total. The molecule has 1 aromatic heterocycles. The van der Waals surface area contributed by atoms with Crippen molar-refractivity contribution in [3.05, 3.63) is 53.4 Å². The van der Waals surface area contributed by atoms with E-state index in [2.05, 4.69) is 20.2 Å². The number of carbonyl (C=O) groups is 1. The van der Waals surface area contributed by atoms with Crippen LogP contribution in [0.2, 0.25) is 5.02 Å². The number of carbonyl (C=O) groups excluding carboxylic acids is 1. The Labute approximate surface area is 162 Å². The molecule has 3 fully saturated rings. The van der Waals surface area contributed by atoms with Crippen LogP contribution in [0, 0.1) is 11.8 Å². The van der Waals surface area contributed by atoms with Crippen LogP contribution in [0.3, 0.4) is 0 Å². The number of halogens is 1. The Morgan fingerprint density at radius 3 is 3.07 bits per heavy atom. The van der Waals surface area contributed by atoms with Gasteiger partial charge in [0.15, 0.2) is 0 Å². The van der Waals surface area contributed by atoms with Gasteiger partial charge in [0.1, 0.15) is 5.82 Å². The number of nitrogens with zero attached hydrogens (tertiary/aromatic N) is 3. The van der Waals surface area contributed by atoms with Crippen molar-refractivity contribution in [2.45, 2.75) is 24.5 Å². The van der Waals surface area contributed by atoms with Gasteiger partial charge in [-0.1, -0.05) is 23.7 Å². The minimum atomic E-state index is -0.124. The second kappa shape index (κ2) is 6.46. The monoisotopic (exact) mass is 384 g/mol. The largest absolute Gasteiger partial charge is 0.369 e. The Kier molecular flexibility index (Phi) is 4.06. The van der Waals surface area contributed by atoms with E-state index in [4.69, 9.17) is 16.3 Å². The summed E-state index contributed by atoms with van der Waals surface area (Å²) in [6.45, 7) is 2.35. The smallest absolute Gasteiger partial charge is 0.252 e. The lowest BCUT2D eigenvalue weighted by atomic mass is 9.73. The number of hydrogen-bond acceptors (Lipinski definition) is 5. The van der Waals surface area contributed by atoms with E-state index in [0.29, 0.717) is 29.0 Å². The van der Waals surface area contributed by atoms with Gasteiger partial charge in [-0.25, -0.2) is 4.98 Å². The van der Waals surface area contributed by atoms with Crippen molar-refractivity contribution in [1.29, 1.82) is 0 Å². The maximum Gasteiger partial charge on any atom is 0.252 e. The number of fused-ring (bicyclic) bond motifs is 1. The Morgan fingerprint density at radius 2 is 2.26 bits per heavy atom. The van der Waals surface area contributed by atoms with Gasteiger partial charge in [-0.3, -0.25) is 9.78 Å². The van der Waals surface area contributed by atoms with E-state index in [-0.39, 0.29) is 17.6 Å². The molecule has 140 valence electrons. The summed E-state index contributed by atoms with van der Waals surface area (Å²) in [7, 11) is 0. The number of rotatable bonds is 4. The lowest BCUT2D eigenvalue weighted by molar-refractivity contribution is 0.0141. The molecule has 0 saturated carbocycles. The first-order chi connectivity index (χ1) is 13.2. The van der Waals surface area contributed by atoms with E-state index in [9.17, 15) is 4.79 Å². The van der Waals surface area contributed by atoms with E-state index < -0.39 is 0 Å². The van der Waals surface area contributed by atoms with Crippen LogP contribution in [-0.2, 0) is 4.74 Å². The van der Waals surface area contributed by atoms with Gasteiger partial charge in [0.2, 0.25) is 0 Å². The van der Waals surface area contributed by atoms with Crippen LogP contribution in [0.1, 0.15) is 23.2 Å². The molecule has 2 aromatic rings. The number of anilines is 1. The van der Waals surface area contributed by atoms with Crippen LogP contribution in [-0.4, -0.2) is 47.2 Å². The van der Waals surface area contributed by atoms with Gasteiger partial charge in [-0.15, -0.1) is 0 Å². The molecule has 1 spiro atoms. The molecular weight excluding hydrogens is 364 g/mol. The Bertz CT molecular complexity index is 864. The third-order valence-electron chi connectivity index (χ3n) is 6.27. The van der Waals surface area contributed by atoms with E-state index in [1.54, 1.807) is 30.7 Å². The van der Waals surface area contributed by atoms with Crippen molar-refractivity contribution in [3.8, 4) is 0 Å². The van der Waals surface area contributed by atoms with E-state index in [0.717, 1.165) is 31.7 Å². The number of amides is 1. The highest BCUT2D eigenvalue weighted by atomic mass is 35.5.